The van der Waals surface area contributed by atoms with Crippen LogP contribution in [0.2, 0.25) is 0 Å². The molecular formula is C45H62FN7O7. The normalized spacial score (nSPS) is 19.6. The van der Waals surface area contributed by atoms with Crippen molar-refractivity contribution in [1.82, 2.24) is 35.1 Å². The molecule has 2 aromatic carbocycles. The van der Waals surface area contributed by atoms with Crippen molar-refractivity contribution in [1.29, 1.82) is 0 Å². The van der Waals surface area contributed by atoms with Gasteiger partial charge in [-0.1, -0.05) is 43.5 Å². The van der Waals surface area contributed by atoms with Crippen molar-refractivity contribution in [2.45, 2.75) is 109 Å². The maximum absolute atomic E-state index is 15.0. The fourth-order valence-corrected chi connectivity index (χ4v) is 9.13. The summed E-state index contributed by atoms with van der Waals surface area (Å²) in [5, 5.41) is 10.9. The molecule has 1 atom stereocenters. The molecule has 14 nitrogen and oxygen atoms in total. The number of hydrogen-bond donors (Lipinski definition) is 2. The van der Waals surface area contributed by atoms with Crippen LogP contribution in [0.15, 0.2) is 47.3 Å². The van der Waals surface area contributed by atoms with Crippen molar-refractivity contribution >= 4 is 34.6 Å². The Hall–Kier alpha value is -4.89. The van der Waals surface area contributed by atoms with Gasteiger partial charge in [0.1, 0.15) is 17.5 Å². The number of H-pyrrole nitrogens is 1. The number of carbonyl (C=O) groups is 4. The Morgan fingerprint density at radius 2 is 1.47 bits per heavy atom. The molecule has 1 aromatic heterocycles. The number of nitrogens with zero attached hydrogens (tertiary/aromatic N) is 5. The average molecular weight is 832 g/mol. The van der Waals surface area contributed by atoms with Gasteiger partial charge in [0.2, 0.25) is 11.8 Å². The van der Waals surface area contributed by atoms with E-state index in [0.717, 1.165) is 70.9 Å². The number of aromatic amines is 1. The van der Waals surface area contributed by atoms with Gasteiger partial charge in [0, 0.05) is 65.6 Å². The smallest absolute Gasteiger partial charge is 0.408 e. The van der Waals surface area contributed by atoms with E-state index in [1.54, 1.807) is 34.1 Å². The fourth-order valence-electron chi connectivity index (χ4n) is 9.13. The standard InChI is InChI=1S/C45H60FN7O7.H2/c1-45(2,3)60-44(58)47-40(31-9-5-4-6-10-31)43(57)52-21-17-33(18-22-52)59-32-15-19-50(20-16-32)29-39(54)51-23-25-53(26-24-51)42(56)36-27-30(13-14-37(36)46)28-38-34-11-7-8-12-35(34)41(55)49-48-38;/h7-8,11-14,27,31-33,40H,4-6,9-10,15-26,28-29H2,1-3H3,(H,47,58)(H,49,55);1H. The van der Waals surface area contributed by atoms with Crippen molar-refractivity contribution in [3.05, 3.63) is 75.5 Å². The predicted octanol–water partition coefficient (Wildman–Crippen LogP) is 5.13. The van der Waals surface area contributed by atoms with E-state index in [4.69, 9.17) is 9.47 Å². The molecule has 3 saturated heterocycles. The first-order chi connectivity index (χ1) is 28.8. The molecule has 3 aliphatic heterocycles. The molecule has 7 rings (SSSR count). The first-order valence-corrected chi connectivity index (χ1v) is 21.8. The summed E-state index contributed by atoms with van der Waals surface area (Å²) in [7, 11) is 0. The Bertz CT molecular complexity index is 2070. The number of aromatic nitrogens is 2. The third-order valence-electron chi connectivity index (χ3n) is 12.4. The Balaban J connectivity index is 0.00000622. The maximum atomic E-state index is 15.0. The second-order valence-corrected chi connectivity index (χ2v) is 17.9. The van der Waals surface area contributed by atoms with Crippen LogP contribution in [-0.4, -0.2) is 136 Å². The summed E-state index contributed by atoms with van der Waals surface area (Å²) in [5.74, 6) is -0.926. The quantitative estimate of drug-likeness (QED) is 0.283. The SMILES string of the molecule is CC(C)(C)OC(=O)NC(C(=O)N1CCC(OC2CCN(CC(=O)N3CCN(C(=O)c4cc(Cc5n[nH]c(=O)c6ccccc56)ccc4F)CC3)CC2)CC1)C1CCCCC1.[HH]. The minimum absolute atomic E-state index is 0. The van der Waals surface area contributed by atoms with Gasteiger partial charge in [0.15, 0.2) is 0 Å². The summed E-state index contributed by atoms with van der Waals surface area (Å²) < 4.78 is 27.1. The van der Waals surface area contributed by atoms with Crippen LogP contribution in [0, 0.1) is 11.7 Å². The number of carbonyl (C=O) groups excluding carboxylic acids is 4. The number of fused-ring (bicyclic) bond motifs is 1. The molecule has 326 valence electrons. The Kier molecular flexibility index (Phi) is 13.8. The van der Waals surface area contributed by atoms with Gasteiger partial charge >= 0.3 is 6.09 Å². The molecular weight excluding hydrogens is 770 g/mol. The molecule has 0 bridgehead atoms. The van der Waals surface area contributed by atoms with Gasteiger partial charge in [-0.15, -0.1) is 0 Å². The minimum atomic E-state index is -0.643. The third kappa shape index (κ3) is 10.9. The van der Waals surface area contributed by atoms with Crippen molar-refractivity contribution in [2.75, 3.05) is 58.9 Å². The lowest BCUT2D eigenvalue weighted by Crippen LogP contribution is -2.55. The lowest BCUT2D eigenvalue weighted by atomic mass is 9.83. The van der Waals surface area contributed by atoms with Gasteiger partial charge in [0.05, 0.1) is 35.4 Å². The Morgan fingerprint density at radius 3 is 2.13 bits per heavy atom. The highest BCUT2D eigenvalue weighted by molar-refractivity contribution is 5.95. The second-order valence-electron chi connectivity index (χ2n) is 17.9. The molecule has 15 heteroatoms. The number of hydrogen-bond acceptors (Lipinski definition) is 9. The number of piperidine rings is 2. The number of nitrogens with one attached hydrogen (secondary N) is 2. The van der Waals surface area contributed by atoms with Gasteiger partial charge in [-0.05, 0) is 89.0 Å². The number of rotatable bonds is 10. The Morgan fingerprint density at radius 1 is 0.833 bits per heavy atom. The first-order valence-electron chi connectivity index (χ1n) is 21.8. The van der Waals surface area contributed by atoms with E-state index in [0.29, 0.717) is 74.3 Å². The first kappa shape index (κ1) is 43.2. The minimum Gasteiger partial charge on any atom is -0.444 e. The molecule has 1 aliphatic carbocycles. The van der Waals surface area contributed by atoms with Crippen LogP contribution in [-0.2, 0) is 25.5 Å². The maximum Gasteiger partial charge on any atom is 0.408 e. The van der Waals surface area contributed by atoms with E-state index in [2.05, 4.69) is 20.4 Å². The Labute approximate surface area is 352 Å². The van der Waals surface area contributed by atoms with Gasteiger partial charge in [-0.3, -0.25) is 24.1 Å². The van der Waals surface area contributed by atoms with Crippen LogP contribution in [0.4, 0.5) is 9.18 Å². The van der Waals surface area contributed by atoms with E-state index in [1.165, 1.54) is 6.07 Å². The summed E-state index contributed by atoms with van der Waals surface area (Å²) in [6.07, 6.45) is 8.16. The average Bonchev–Trinajstić information content (AvgIpc) is 3.25. The summed E-state index contributed by atoms with van der Waals surface area (Å²) in [6, 6.07) is 11.0. The molecule has 4 amide bonds. The highest BCUT2D eigenvalue weighted by atomic mass is 19.1. The third-order valence-corrected chi connectivity index (χ3v) is 12.4. The van der Waals surface area contributed by atoms with Gasteiger partial charge in [-0.2, -0.15) is 5.10 Å². The topological polar surface area (TPSA) is 157 Å². The monoisotopic (exact) mass is 831 g/mol. The predicted molar refractivity (Wildman–Crippen MR) is 226 cm³/mol. The van der Waals surface area contributed by atoms with E-state index >= 15 is 4.39 Å². The number of benzene rings is 2. The molecule has 4 heterocycles. The van der Waals surface area contributed by atoms with Crippen LogP contribution < -0.4 is 10.9 Å². The zero-order chi connectivity index (χ0) is 42.4. The lowest BCUT2D eigenvalue weighted by Gasteiger charge is -2.40. The number of halogens is 1. The number of likely N-dealkylation sites (tertiary alicyclic amines) is 2. The number of piperazine rings is 1. The molecule has 4 aliphatic rings. The van der Waals surface area contributed by atoms with Gasteiger partial charge in [0.25, 0.3) is 11.5 Å². The molecule has 1 unspecified atom stereocenters. The van der Waals surface area contributed by atoms with E-state index in [9.17, 15) is 24.0 Å². The lowest BCUT2D eigenvalue weighted by molar-refractivity contribution is -0.140. The van der Waals surface area contributed by atoms with Crippen LogP contribution in [0.25, 0.3) is 10.8 Å². The molecule has 1 saturated carbocycles. The highest BCUT2D eigenvalue weighted by Gasteiger charge is 2.37. The van der Waals surface area contributed by atoms with Gasteiger partial charge < -0.3 is 29.5 Å². The molecule has 4 fully saturated rings. The van der Waals surface area contributed by atoms with Crippen molar-refractivity contribution in [2.24, 2.45) is 5.92 Å². The largest absolute Gasteiger partial charge is 0.444 e. The number of amides is 4. The highest BCUT2D eigenvalue weighted by Crippen LogP contribution is 2.29. The van der Waals surface area contributed by atoms with Crippen molar-refractivity contribution in [3.8, 4) is 0 Å². The van der Waals surface area contributed by atoms with Crippen LogP contribution in [0.1, 0.15) is 102 Å². The van der Waals surface area contributed by atoms with E-state index in [-0.39, 0.29) is 42.5 Å². The molecule has 2 N–H and O–H groups in total. The summed E-state index contributed by atoms with van der Waals surface area (Å²) in [5.41, 5.74) is 0.364. The zero-order valence-electron chi connectivity index (χ0n) is 35.3. The van der Waals surface area contributed by atoms with E-state index < -0.39 is 29.5 Å². The van der Waals surface area contributed by atoms with Crippen LogP contribution >= 0.6 is 0 Å². The summed E-state index contributed by atoms with van der Waals surface area (Å²) in [6.45, 7) is 9.78. The number of ether oxygens (including phenoxy) is 2. The summed E-state index contributed by atoms with van der Waals surface area (Å²) >= 11 is 0. The molecule has 0 radical (unpaired) electrons. The zero-order valence-corrected chi connectivity index (χ0v) is 35.3. The molecule has 3 aromatic rings. The van der Waals surface area contributed by atoms with Crippen molar-refractivity contribution in [3.63, 3.8) is 0 Å². The molecule has 0 spiro atoms. The molecule has 60 heavy (non-hydrogen) atoms. The second kappa shape index (κ2) is 19.2. The van der Waals surface area contributed by atoms with Crippen LogP contribution in [0.3, 0.4) is 0 Å². The van der Waals surface area contributed by atoms with E-state index in [1.807, 2.05) is 37.8 Å². The van der Waals surface area contributed by atoms with Gasteiger partial charge in [-0.25, -0.2) is 14.3 Å². The number of alkyl carbamates (subject to hydrolysis) is 1. The summed E-state index contributed by atoms with van der Waals surface area (Å²) in [4.78, 5) is 73.0. The fraction of sp³-hybridized carbons (Fsp3) is 0.600. The van der Waals surface area contributed by atoms with Crippen molar-refractivity contribution < 1.29 is 34.5 Å². The van der Waals surface area contributed by atoms with Crippen LogP contribution in [0.5, 0.6) is 0 Å².